The second kappa shape index (κ2) is 3.42. The maximum Gasteiger partial charge on any atom is 0.165 e. The van der Waals surface area contributed by atoms with Gasteiger partial charge in [0.25, 0.3) is 0 Å². The van der Waals surface area contributed by atoms with Gasteiger partial charge in [-0.2, -0.15) is 0 Å². The van der Waals surface area contributed by atoms with Crippen molar-refractivity contribution in [1.82, 2.24) is 0 Å². The van der Waals surface area contributed by atoms with Crippen LogP contribution in [0.15, 0.2) is 6.07 Å². The van der Waals surface area contributed by atoms with Crippen molar-refractivity contribution in [2.75, 3.05) is 19.8 Å². The largest absolute Gasteiger partial charge is 0.489 e. The zero-order valence-corrected chi connectivity index (χ0v) is 8.71. The molecule has 0 unspecified atom stereocenters. The first-order valence-corrected chi connectivity index (χ1v) is 5.53. The molecule has 2 aliphatic rings. The number of hydrogen-bond donors (Lipinski definition) is 1. The summed E-state index contributed by atoms with van der Waals surface area (Å²) in [5, 5.41) is 0. The lowest BCUT2D eigenvalue weighted by atomic mass is 9.98. The van der Waals surface area contributed by atoms with E-state index in [9.17, 15) is 0 Å². The number of rotatable bonds is 2. The topological polar surface area (TPSA) is 44.5 Å². The molecular weight excluding hydrogens is 190 g/mol. The minimum atomic E-state index is 0.700. The molecule has 80 valence electrons. The van der Waals surface area contributed by atoms with E-state index >= 15 is 0 Å². The highest BCUT2D eigenvalue weighted by molar-refractivity contribution is 5.58. The third-order valence-electron chi connectivity index (χ3n) is 3.14. The van der Waals surface area contributed by atoms with Crippen LogP contribution in [0.5, 0.6) is 11.5 Å². The van der Waals surface area contributed by atoms with Gasteiger partial charge >= 0.3 is 0 Å². The lowest BCUT2D eigenvalue weighted by molar-refractivity contribution is 0.310. The molecule has 3 nitrogen and oxygen atoms in total. The van der Waals surface area contributed by atoms with Crippen molar-refractivity contribution in [3.05, 3.63) is 22.8 Å². The standard InChI is InChI=1S/C12H15NO2/c13-4-1-8-7-9-2-5-14-11(9)12-10(8)3-6-15-12/h7H,1-6,13H2. The van der Waals surface area contributed by atoms with Crippen LogP contribution in [0.2, 0.25) is 0 Å². The van der Waals surface area contributed by atoms with Gasteiger partial charge in [-0.05, 0) is 18.5 Å². The molecule has 0 atom stereocenters. The van der Waals surface area contributed by atoms with Crippen molar-refractivity contribution in [2.45, 2.75) is 19.3 Å². The summed E-state index contributed by atoms with van der Waals surface area (Å²) >= 11 is 0. The monoisotopic (exact) mass is 205 g/mol. The van der Waals surface area contributed by atoms with Crippen LogP contribution in [-0.2, 0) is 19.3 Å². The number of fused-ring (bicyclic) bond motifs is 3. The number of ether oxygens (including phenoxy) is 2. The molecule has 0 aliphatic carbocycles. The summed E-state index contributed by atoms with van der Waals surface area (Å²) < 4.78 is 11.3. The molecule has 0 saturated heterocycles. The highest BCUT2D eigenvalue weighted by Gasteiger charge is 2.26. The molecule has 0 radical (unpaired) electrons. The Hall–Kier alpha value is -1.22. The zero-order valence-electron chi connectivity index (χ0n) is 8.71. The first-order chi connectivity index (χ1) is 7.40. The molecule has 2 heterocycles. The molecule has 3 rings (SSSR count). The normalized spacial score (nSPS) is 16.9. The predicted octanol–water partition coefficient (Wildman–Crippen LogP) is 1.06. The highest BCUT2D eigenvalue weighted by Crippen LogP contribution is 2.43. The summed E-state index contributed by atoms with van der Waals surface area (Å²) in [4.78, 5) is 0. The number of hydrogen-bond acceptors (Lipinski definition) is 3. The highest BCUT2D eigenvalue weighted by atomic mass is 16.5. The van der Waals surface area contributed by atoms with Crippen LogP contribution in [0.3, 0.4) is 0 Å². The molecule has 0 saturated carbocycles. The quantitative estimate of drug-likeness (QED) is 0.785. The molecule has 2 N–H and O–H groups in total. The predicted molar refractivity (Wildman–Crippen MR) is 57.6 cm³/mol. The van der Waals surface area contributed by atoms with E-state index in [0.29, 0.717) is 6.54 Å². The lowest BCUT2D eigenvalue weighted by Crippen LogP contribution is -2.05. The first-order valence-electron chi connectivity index (χ1n) is 5.53. The molecule has 0 amide bonds. The summed E-state index contributed by atoms with van der Waals surface area (Å²) in [6, 6.07) is 2.25. The van der Waals surface area contributed by atoms with E-state index < -0.39 is 0 Å². The third kappa shape index (κ3) is 1.30. The molecule has 0 spiro atoms. The first kappa shape index (κ1) is 9.04. The minimum Gasteiger partial charge on any atom is -0.489 e. The SMILES string of the molecule is NCCc1cc2c(c3c1CCO3)OCC2. The Bertz CT molecular complexity index is 401. The van der Waals surface area contributed by atoms with Crippen LogP contribution >= 0.6 is 0 Å². The van der Waals surface area contributed by atoms with Gasteiger partial charge in [-0.1, -0.05) is 6.07 Å². The minimum absolute atomic E-state index is 0.700. The smallest absolute Gasteiger partial charge is 0.165 e. The fraction of sp³-hybridized carbons (Fsp3) is 0.500. The Morgan fingerprint density at radius 2 is 1.93 bits per heavy atom. The van der Waals surface area contributed by atoms with Gasteiger partial charge in [0.05, 0.1) is 13.2 Å². The van der Waals surface area contributed by atoms with Crippen molar-refractivity contribution >= 4 is 0 Å². The van der Waals surface area contributed by atoms with Gasteiger partial charge in [0.1, 0.15) is 0 Å². The second-order valence-electron chi connectivity index (χ2n) is 4.07. The van der Waals surface area contributed by atoms with Crippen LogP contribution in [0.4, 0.5) is 0 Å². The Balaban J connectivity index is 2.14. The van der Waals surface area contributed by atoms with Crippen LogP contribution in [0, 0.1) is 0 Å². The Labute approximate surface area is 89.2 Å². The van der Waals surface area contributed by atoms with E-state index in [0.717, 1.165) is 44.0 Å². The number of nitrogens with two attached hydrogens (primary N) is 1. The molecule has 3 heteroatoms. The van der Waals surface area contributed by atoms with Crippen molar-refractivity contribution in [3.63, 3.8) is 0 Å². The van der Waals surface area contributed by atoms with Gasteiger partial charge in [-0.15, -0.1) is 0 Å². The zero-order chi connectivity index (χ0) is 10.3. The Kier molecular flexibility index (Phi) is 2.06. The second-order valence-corrected chi connectivity index (χ2v) is 4.07. The molecule has 15 heavy (non-hydrogen) atoms. The summed E-state index contributed by atoms with van der Waals surface area (Å²) in [6.45, 7) is 2.27. The molecule has 0 bridgehead atoms. The van der Waals surface area contributed by atoms with Crippen molar-refractivity contribution < 1.29 is 9.47 Å². The van der Waals surface area contributed by atoms with Crippen LogP contribution in [-0.4, -0.2) is 19.8 Å². The fourth-order valence-electron chi connectivity index (χ4n) is 2.46. The molecular formula is C12H15NO2. The van der Waals surface area contributed by atoms with E-state index in [-0.39, 0.29) is 0 Å². The molecule has 1 aromatic rings. The van der Waals surface area contributed by atoms with Gasteiger partial charge < -0.3 is 15.2 Å². The summed E-state index contributed by atoms with van der Waals surface area (Å²) in [6.07, 6.45) is 2.95. The van der Waals surface area contributed by atoms with Crippen molar-refractivity contribution in [3.8, 4) is 11.5 Å². The average molecular weight is 205 g/mol. The summed E-state index contributed by atoms with van der Waals surface area (Å²) in [5.74, 6) is 1.98. The summed E-state index contributed by atoms with van der Waals surface area (Å²) in [7, 11) is 0. The van der Waals surface area contributed by atoms with Crippen LogP contribution < -0.4 is 15.2 Å². The molecule has 0 fully saturated rings. The maximum atomic E-state index is 5.66. The maximum absolute atomic E-state index is 5.66. The van der Waals surface area contributed by atoms with E-state index in [4.69, 9.17) is 15.2 Å². The summed E-state index contributed by atoms with van der Waals surface area (Å²) in [5.41, 5.74) is 9.59. The van der Waals surface area contributed by atoms with Gasteiger partial charge in [-0.25, -0.2) is 0 Å². The van der Waals surface area contributed by atoms with E-state index in [1.165, 1.54) is 16.7 Å². The van der Waals surface area contributed by atoms with Gasteiger partial charge in [0.15, 0.2) is 11.5 Å². The fourth-order valence-corrected chi connectivity index (χ4v) is 2.46. The average Bonchev–Trinajstić information content (AvgIpc) is 2.84. The van der Waals surface area contributed by atoms with Gasteiger partial charge in [0, 0.05) is 24.0 Å². The van der Waals surface area contributed by atoms with Crippen molar-refractivity contribution in [2.24, 2.45) is 5.73 Å². The lowest BCUT2D eigenvalue weighted by Gasteiger charge is -2.10. The molecule has 1 aromatic carbocycles. The Morgan fingerprint density at radius 3 is 2.80 bits per heavy atom. The van der Waals surface area contributed by atoms with Gasteiger partial charge in [-0.3, -0.25) is 0 Å². The molecule has 0 aromatic heterocycles. The van der Waals surface area contributed by atoms with Crippen LogP contribution in [0.1, 0.15) is 16.7 Å². The van der Waals surface area contributed by atoms with Crippen LogP contribution in [0.25, 0.3) is 0 Å². The molecule has 2 aliphatic heterocycles. The van der Waals surface area contributed by atoms with E-state index in [1.807, 2.05) is 0 Å². The Morgan fingerprint density at radius 1 is 1.13 bits per heavy atom. The van der Waals surface area contributed by atoms with Gasteiger partial charge in [0.2, 0.25) is 0 Å². The third-order valence-corrected chi connectivity index (χ3v) is 3.14. The van der Waals surface area contributed by atoms with E-state index in [1.54, 1.807) is 0 Å². The van der Waals surface area contributed by atoms with Crippen molar-refractivity contribution in [1.29, 1.82) is 0 Å². The number of benzene rings is 1. The van der Waals surface area contributed by atoms with E-state index in [2.05, 4.69) is 6.07 Å².